The second-order valence-corrected chi connectivity index (χ2v) is 9.01. The summed E-state index contributed by atoms with van der Waals surface area (Å²) >= 11 is 3.92. The molecule has 0 aliphatic carbocycles. The minimum atomic E-state index is -0.332. The van der Waals surface area contributed by atoms with Gasteiger partial charge >= 0.3 is 0 Å². The molecule has 0 bridgehead atoms. The van der Waals surface area contributed by atoms with Crippen LogP contribution in [0.3, 0.4) is 0 Å². The van der Waals surface area contributed by atoms with Gasteiger partial charge in [0.05, 0.1) is 24.0 Å². The maximum Gasteiger partial charge on any atom is 0.277 e. The highest BCUT2D eigenvalue weighted by atomic mass is 32.2. The third-order valence-corrected chi connectivity index (χ3v) is 7.24. The molecule has 0 atom stereocenters. The molecule has 1 aliphatic rings. The average molecular weight is 447 g/mol. The summed E-state index contributed by atoms with van der Waals surface area (Å²) in [5.74, 6) is 4.09. The Morgan fingerprint density at radius 3 is 2.43 bits per heavy atom. The van der Waals surface area contributed by atoms with Crippen LogP contribution >= 0.6 is 23.5 Å². The molecule has 8 heteroatoms. The van der Waals surface area contributed by atoms with Crippen LogP contribution in [-0.4, -0.2) is 43.4 Å². The van der Waals surface area contributed by atoms with Crippen molar-refractivity contribution in [2.24, 2.45) is 5.10 Å². The molecule has 1 N–H and O–H groups in total. The number of carbonyl (C=O) groups is 1. The van der Waals surface area contributed by atoms with Gasteiger partial charge in [0.15, 0.2) is 6.61 Å². The highest BCUT2D eigenvalue weighted by molar-refractivity contribution is 8.19. The monoisotopic (exact) mass is 446 g/mol. The Kier molecular flexibility index (Phi) is 8.77. The van der Waals surface area contributed by atoms with Gasteiger partial charge in [-0.05, 0) is 43.7 Å². The molecule has 30 heavy (non-hydrogen) atoms. The van der Waals surface area contributed by atoms with E-state index in [1.165, 1.54) is 17.1 Å². The van der Waals surface area contributed by atoms with Gasteiger partial charge in [0, 0.05) is 23.1 Å². The van der Waals surface area contributed by atoms with Crippen LogP contribution in [0.25, 0.3) is 0 Å². The molecule has 3 rings (SSSR count). The van der Waals surface area contributed by atoms with Gasteiger partial charge in [0.25, 0.3) is 5.91 Å². The molecule has 1 saturated heterocycles. The second-order valence-electron chi connectivity index (χ2n) is 6.29. The first-order valence-electron chi connectivity index (χ1n) is 9.87. The minimum Gasteiger partial charge on any atom is -0.494 e. The molecule has 160 valence electrons. The predicted molar refractivity (Wildman–Crippen MR) is 124 cm³/mol. The van der Waals surface area contributed by atoms with E-state index in [-0.39, 0.29) is 12.5 Å². The first kappa shape index (κ1) is 22.4. The van der Waals surface area contributed by atoms with Gasteiger partial charge in [-0.1, -0.05) is 12.1 Å². The van der Waals surface area contributed by atoms with Crippen LogP contribution in [0.4, 0.5) is 0 Å². The third kappa shape index (κ3) is 6.60. The summed E-state index contributed by atoms with van der Waals surface area (Å²) in [7, 11) is 0. The highest BCUT2D eigenvalue weighted by Gasteiger charge is 2.18. The fourth-order valence-electron chi connectivity index (χ4n) is 2.79. The summed E-state index contributed by atoms with van der Waals surface area (Å²) in [6, 6.07) is 13.4. The topological polar surface area (TPSA) is 69.2 Å². The number of hydrogen-bond acceptors (Lipinski definition) is 7. The summed E-state index contributed by atoms with van der Waals surface area (Å²) in [5.41, 5.74) is 4.51. The fraction of sp³-hybridized carbons (Fsp3) is 0.364. The fourth-order valence-corrected chi connectivity index (χ4v) is 5.64. The lowest BCUT2D eigenvalue weighted by Crippen LogP contribution is -2.24. The summed E-state index contributed by atoms with van der Waals surface area (Å²) in [4.78, 5) is 12.0. The second kappa shape index (κ2) is 11.8. The lowest BCUT2D eigenvalue weighted by molar-refractivity contribution is -0.123. The van der Waals surface area contributed by atoms with E-state index in [1.54, 1.807) is 6.21 Å². The zero-order chi connectivity index (χ0) is 21.2. The number of amides is 1. The van der Waals surface area contributed by atoms with Crippen molar-refractivity contribution in [2.75, 3.05) is 31.3 Å². The van der Waals surface area contributed by atoms with E-state index in [0.717, 1.165) is 11.3 Å². The van der Waals surface area contributed by atoms with Crippen LogP contribution in [-0.2, 0) is 4.79 Å². The predicted octanol–water partition coefficient (Wildman–Crippen LogP) is 4.49. The molecular weight excluding hydrogens is 420 g/mol. The van der Waals surface area contributed by atoms with Crippen LogP contribution in [0.15, 0.2) is 47.6 Å². The summed E-state index contributed by atoms with van der Waals surface area (Å²) in [6.45, 7) is 4.83. The Hall–Kier alpha value is -2.32. The lowest BCUT2D eigenvalue weighted by Gasteiger charge is -2.10. The number of benzene rings is 2. The number of ether oxygens (including phenoxy) is 3. The Morgan fingerprint density at radius 1 is 1.03 bits per heavy atom. The van der Waals surface area contributed by atoms with E-state index < -0.39 is 0 Å². The van der Waals surface area contributed by atoms with Gasteiger partial charge in [0.2, 0.25) is 0 Å². The molecule has 1 heterocycles. The largest absolute Gasteiger partial charge is 0.494 e. The van der Waals surface area contributed by atoms with Crippen molar-refractivity contribution in [1.82, 2.24) is 5.43 Å². The number of rotatable bonds is 10. The number of nitrogens with zero attached hydrogens (tertiary/aromatic N) is 1. The van der Waals surface area contributed by atoms with Crippen molar-refractivity contribution in [1.29, 1.82) is 0 Å². The molecule has 2 aromatic rings. The summed E-state index contributed by atoms with van der Waals surface area (Å²) < 4.78 is 17.2. The Morgan fingerprint density at radius 2 is 1.73 bits per heavy atom. The van der Waals surface area contributed by atoms with Gasteiger partial charge in [-0.2, -0.15) is 5.10 Å². The lowest BCUT2D eigenvalue weighted by atomic mass is 10.2. The van der Waals surface area contributed by atoms with E-state index in [0.29, 0.717) is 29.3 Å². The van der Waals surface area contributed by atoms with E-state index in [1.807, 2.05) is 67.7 Å². The number of carbonyl (C=O) groups excluding carboxylic acids is 1. The van der Waals surface area contributed by atoms with E-state index in [9.17, 15) is 4.79 Å². The Balaban J connectivity index is 1.48. The van der Waals surface area contributed by atoms with Crippen LogP contribution < -0.4 is 19.6 Å². The van der Waals surface area contributed by atoms with Gasteiger partial charge in [-0.25, -0.2) is 5.43 Å². The van der Waals surface area contributed by atoms with Crippen molar-refractivity contribution in [3.63, 3.8) is 0 Å². The van der Waals surface area contributed by atoms with Crippen molar-refractivity contribution < 1.29 is 19.0 Å². The van der Waals surface area contributed by atoms with Gasteiger partial charge < -0.3 is 14.2 Å². The molecule has 0 spiro atoms. The van der Waals surface area contributed by atoms with Crippen molar-refractivity contribution in [2.45, 2.75) is 18.4 Å². The van der Waals surface area contributed by atoms with E-state index in [2.05, 4.69) is 22.7 Å². The third-order valence-electron chi connectivity index (χ3n) is 4.13. The summed E-state index contributed by atoms with van der Waals surface area (Å²) in [5, 5.41) is 4.01. The van der Waals surface area contributed by atoms with Crippen molar-refractivity contribution >= 4 is 35.6 Å². The summed E-state index contributed by atoms with van der Waals surface area (Å²) in [6.07, 6.45) is 1.55. The van der Waals surface area contributed by atoms with Crippen LogP contribution in [0.1, 0.15) is 29.6 Å². The molecule has 0 saturated carbocycles. The Labute approximate surface area is 185 Å². The van der Waals surface area contributed by atoms with Gasteiger partial charge in [0.1, 0.15) is 17.2 Å². The molecule has 1 amide bonds. The molecule has 0 aromatic heterocycles. The molecule has 1 fully saturated rings. The van der Waals surface area contributed by atoms with Crippen molar-refractivity contribution in [3.05, 3.63) is 53.6 Å². The minimum absolute atomic E-state index is 0.106. The van der Waals surface area contributed by atoms with Crippen LogP contribution in [0.5, 0.6) is 17.2 Å². The maximum atomic E-state index is 12.0. The van der Waals surface area contributed by atoms with Gasteiger partial charge in [-0.15, -0.1) is 23.5 Å². The molecular formula is C22H26N2O4S2. The van der Waals surface area contributed by atoms with Gasteiger partial charge in [-0.3, -0.25) is 4.79 Å². The molecule has 2 aromatic carbocycles. The normalized spacial score (nSPS) is 14.1. The zero-order valence-corrected chi connectivity index (χ0v) is 18.8. The first-order chi connectivity index (χ1) is 14.7. The van der Waals surface area contributed by atoms with Crippen LogP contribution in [0.2, 0.25) is 0 Å². The number of thioether (sulfide) groups is 2. The average Bonchev–Trinajstić information content (AvgIpc) is 3.29. The first-order valence-corrected chi connectivity index (χ1v) is 12.0. The smallest absolute Gasteiger partial charge is 0.277 e. The molecule has 6 nitrogen and oxygen atoms in total. The number of hydrazone groups is 1. The van der Waals surface area contributed by atoms with E-state index in [4.69, 9.17) is 14.2 Å². The molecule has 0 radical (unpaired) electrons. The number of nitrogens with one attached hydrogen (secondary N) is 1. The SMILES string of the molecule is CCOc1ccc(/C=N\NC(=O)COc2ccc(C3SCCS3)cc2)c(OCC)c1. The number of hydrogen-bond donors (Lipinski definition) is 1. The van der Waals surface area contributed by atoms with Crippen molar-refractivity contribution in [3.8, 4) is 17.2 Å². The quantitative estimate of drug-likeness (QED) is 0.428. The highest BCUT2D eigenvalue weighted by Crippen LogP contribution is 2.45. The van der Waals surface area contributed by atoms with Crippen LogP contribution in [0, 0.1) is 0 Å². The standard InChI is InChI=1S/C22H26N2O4S2/c1-3-26-19-10-7-17(20(13-19)27-4-2)14-23-24-21(25)15-28-18-8-5-16(6-9-18)22-29-11-12-30-22/h5-10,13-14,22H,3-4,11-12,15H2,1-2H3,(H,24,25)/b23-14-. The maximum absolute atomic E-state index is 12.0. The molecule has 1 aliphatic heterocycles. The van der Waals surface area contributed by atoms with E-state index >= 15 is 0 Å². The Bertz CT molecular complexity index is 853. The zero-order valence-electron chi connectivity index (χ0n) is 17.1. The molecule has 0 unspecified atom stereocenters.